The second kappa shape index (κ2) is 6.14. The highest BCUT2D eigenvalue weighted by molar-refractivity contribution is 6.05. The van der Waals surface area contributed by atoms with E-state index >= 15 is 0 Å². The van der Waals surface area contributed by atoms with E-state index in [-0.39, 0.29) is 0 Å². The monoisotopic (exact) mass is 433 g/mol. The Kier molecular flexibility index (Phi) is 3.44. The van der Waals surface area contributed by atoms with Crippen LogP contribution in [0.5, 0.6) is 11.5 Å². The van der Waals surface area contributed by atoms with Gasteiger partial charge in [-0.25, -0.2) is 4.57 Å². The lowest BCUT2D eigenvalue weighted by Gasteiger charge is -2.57. The molecule has 0 atom stereocenters. The van der Waals surface area contributed by atoms with Gasteiger partial charge in [-0.15, -0.1) is 0 Å². The van der Waals surface area contributed by atoms with Gasteiger partial charge in [-0.2, -0.15) is 0 Å². The Hall–Kier alpha value is -2.94. The van der Waals surface area contributed by atoms with Gasteiger partial charge in [0.1, 0.15) is 18.5 Å². The average molecular weight is 434 g/mol. The van der Waals surface area contributed by atoms with Gasteiger partial charge in [-0.1, -0.05) is 0 Å². The second-order valence-electron chi connectivity index (χ2n) is 11.5. The van der Waals surface area contributed by atoms with Crippen LogP contribution in [-0.2, 0) is 12.5 Å². The summed E-state index contributed by atoms with van der Waals surface area (Å²) in [6.07, 6.45) is 14.6. The fraction of sp³-hybridized carbons (Fsp3) is 0.400. The number of ether oxygens (including phenoxy) is 1. The van der Waals surface area contributed by atoms with Crippen LogP contribution in [0.3, 0.4) is 0 Å². The fourth-order valence-electron chi connectivity index (χ4n) is 8.51. The van der Waals surface area contributed by atoms with Gasteiger partial charge < -0.3 is 4.74 Å². The third-order valence-electron chi connectivity index (χ3n) is 9.47. The smallest absolute Gasteiger partial charge is 0.228 e. The maximum absolute atomic E-state index is 6.76. The highest BCUT2D eigenvalue weighted by Gasteiger charge is 2.52. The van der Waals surface area contributed by atoms with Gasteiger partial charge in [0.2, 0.25) is 5.69 Å². The number of benzene rings is 2. The Morgan fingerprint density at radius 3 is 2.45 bits per heavy atom. The molecule has 4 aliphatic carbocycles. The summed E-state index contributed by atoms with van der Waals surface area (Å²) in [7, 11) is 2.16. The molecule has 3 heteroatoms. The van der Waals surface area contributed by atoms with Crippen molar-refractivity contribution in [3.8, 4) is 22.8 Å². The van der Waals surface area contributed by atoms with Crippen molar-refractivity contribution >= 4 is 21.5 Å². The standard InChI is InChI=1S/C30H29N2O/c1-17-24-3-5-31-16-22(24)11-25-27(17)29-28-21(4-6-32(29)2)10-23(12-26(28)33-25)30-13-18-7-19(14-30)9-20(8-18)15-30/h3-6,10-12,16,18-20H,7-9,13-15H2,1-2H3/q+1. The molecule has 33 heavy (non-hydrogen) atoms. The molecule has 0 amide bonds. The molecule has 9 rings (SSSR count). The molecule has 2 aromatic carbocycles. The van der Waals surface area contributed by atoms with Crippen molar-refractivity contribution in [1.82, 2.24) is 4.98 Å². The lowest BCUT2D eigenvalue weighted by Crippen LogP contribution is -2.48. The first-order valence-electron chi connectivity index (χ1n) is 12.6. The summed E-state index contributed by atoms with van der Waals surface area (Å²) in [6, 6.07) is 11.5. The van der Waals surface area contributed by atoms with Gasteiger partial charge in [0, 0.05) is 23.8 Å². The molecular formula is C30H29N2O+. The molecule has 4 aromatic rings. The van der Waals surface area contributed by atoms with Crippen LogP contribution < -0.4 is 9.30 Å². The molecule has 0 spiro atoms. The van der Waals surface area contributed by atoms with Crippen LogP contribution >= 0.6 is 0 Å². The van der Waals surface area contributed by atoms with Crippen molar-refractivity contribution in [2.75, 3.05) is 0 Å². The number of hydrogen-bond donors (Lipinski definition) is 0. The summed E-state index contributed by atoms with van der Waals surface area (Å²) >= 11 is 0. The van der Waals surface area contributed by atoms with E-state index in [1.165, 1.54) is 77.1 Å². The van der Waals surface area contributed by atoms with Crippen molar-refractivity contribution in [3.05, 3.63) is 60.0 Å². The minimum Gasteiger partial charge on any atom is -0.456 e. The van der Waals surface area contributed by atoms with E-state index in [0.29, 0.717) is 5.41 Å². The van der Waals surface area contributed by atoms with Crippen LogP contribution in [0, 0.1) is 24.7 Å². The van der Waals surface area contributed by atoms with Gasteiger partial charge in [0.05, 0.1) is 10.9 Å². The van der Waals surface area contributed by atoms with Crippen LogP contribution in [0.2, 0.25) is 0 Å². The van der Waals surface area contributed by atoms with Crippen LogP contribution in [-0.4, -0.2) is 4.98 Å². The molecule has 4 fully saturated rings. The van der Waals surface area contributed by atoms with Crippen LogP contribution in [0.25, 0.3) is 32.8 Å². The first-order chi connectivity index (χ1) is 16.1. The third kappa shape index (κ3) is 2.41. The number of pyridine rings is 2. The summed E-state index contributed by atoms with van der Waals surface area (Å²) in [5.41, 5.74) is 5.66. The summed E-state index contributed by atoms with van der Waals surface area (Å²) in [5.74, 6) is 4.83. The minimum absolute atomic E-state index is 0.366. The molecule has 4 saturated carbocycles. The van der Waals surface area contributed by atoms with E-state index < -0.39 is 0 Å². The first-order valence-corrected chi connectivity index (χ1v) is 12.6. The van der Waals surface area contributed by atoms with Crippen molar-refractivity contribution < 1.29 is 9.30 Å². The van der Waals surface area contributed by atoms with Crippen LogP contribution in [0.1, 0.15) is 49.7 Å². The van der Waals surface area contributed by atoms with Crippen molar-refractivity contribution in [2.24, 2.45) is 24.8 Å². The first kappa shape index (κ1) is 18.5. The molecule has 3 nitrogen and oxygen atoms in total. The average Bonchev–Trinajstić information content (AvgIpc) is 2.80. The predicted octanol–water partition coefficient (Wildman–Crippen LogP) is 6.76. The quantitative estimate of drug-likeness (QED) is 0.273. The SMILES string of the molecule is Cc1c2c(cc3cnccc13)Oc1cc(C34CC5CC(CC(C5)C3)C4)cc3cc[n+](C)c-2c13. The summed E-state index contributed by atoms with van der Waals surface area (Å²) in [4.78, 5) is 4.36. The Morgan fingerprint density at radius 1 is 0.939 bits per heavy atom. The van der Waals surface area contributed by atoms with Gasteiger partial charge in [-0.3, -0.25) is 4.98 Å². The number of aryl methyl sites for hydroxylation is 2. The predicted molar refractivity (Wildman–Crippen MR) is 131 cm³/mol. The molecular weight excluding hydrogens is 404 g/mol. The number of aromatic nitrogens is 2. The Morgan fingerprint density at radius 2 is 1.70 bits per heavy atom. The lowest BCUT2D eigenvalue weighted by atomic mass is 9.48. The van der Waals surface area contributed by atoms with Crippen molar-refractivity contribution in [1.29, 1.82) is 0 Å². The van der Waals surface area contributed by atoms with E-state index in [2.05, 4.69) is 60.1 Å². The topological polar surface area (TPSA) is 26.0 Å². The van der Waals surface area contributed by atoms with E-state index in [1.807, 2.05) is 12.4 Å². The second-order valence-corrected chi connectivity index (χ2v) is 11.5. The highest BCUT2D eigenvalue weighted by Crippen LogP contribution is 2.61. The molecule has 0 unspecified atom stereocenters. The Balaban J connectivity index is 1.39. The fourth-order valence-corrected chi connectivity index (χ4v) is 8.51. The maximum Gasteiger partial charge on any atom is 0.228 e. The van der Waals surface area contributed by atoms with Crippen LogP contribution in [0.4, 0.5) is 0 Å². The molecule has 4 bridgehead atoms. The number of nitrogens with zero attached hydrogens (tertiary/aromatic N) is 2. The number of fused-ring (bicyclic) bond motifs is 3. The summed E-state index contributed by atoms with van der Waals surface area (Å²) < 4.78 is 9.03. The van der Waals surface area contributed by atoms with Gasteiger partial charge in [0.25, 0.3) is 0 Å². The largest absolute Gasteiger partial charge is 0.456 e. The van der Waals surface area contributed by atoms with Gasteiger partial charge in [-0.05, 0) is 115 Å². The van der Waals surface area contributed by atoms with Crippen molar-refractivity contribution in [3.63, 3.8) is 0 Å². The minimum atomic E-state index is 0.366. The number of hydrogen-bond acceptors (Lipinski definition) is 2. The lowest BCUT2D eigenvalue weighted by molar-refractivity contribution is -0.659. The molecule has 0 saturated heterocycles. The third-order valence-corrected chi connectivity index (χ3v) is 9.47. The van der Waals surface area contributed by atoms with Gasteiger partial charge >= 0.3 is 0 Å². The zero-order valence-electron chi connectivity index (χ0n) is 19.4. The summed E-state index contributed by atoms with van der Waals surface area (Å²) in [6.45, 7) is 2.22. The Bertz CT molecular complexity index is 1470. The number of rotatable bonds is 1. The van der Waals surface area contributed by atoms with Crippen molar-refractivity contribution in [2.45, 2.75) is 50.9 Å². The molecule has 0 N–H and O–H groups in total. The van der Waals surface area contributed by atoms with Crippen LogP contribution in [0.15, 0.2) is 48.9 Å². The molecule has 164 valence electrons. The molecule has 3 heterocycles. The Labute approximate surface area is 194 Å². The van der Waals surface area contributed by atoms with E-state index in [1.54, 1.807) is 0 Å². The van der Waals surface area contributed by atoms with Gasteiger partial charge in [0.15, 0.2) is 6.20 Å². The van der Waals surface area contributed by atoms with E-state index in [0.717, 1.165) is 34.6 Å². The molecule has 0 radical (unpaired) electrons. The highest BCUT2D eigenvalue weighted by atomic mass is 16.5. The van der Waals surface area contributed by atoms with E-state index in [4.69, 9.17) is 4.74 Å². The maximum atomic E-state index is 6.76. The normalized spacial score (nSPS) is 28.8. The molecule has 5 aliphatic rings. The zero-order valence-corrected chi connectivity index (χ0v) is 19.4. The summed E-state index contributed by atoms with van der Waals surface area (Å²) in [5, 5.41) is 4.98. The van der Waals surface area contributed by atoms with E-state index in [9.17, 15) is 0 Å². The zero-order chi connectivity index (χ0) is 21.9. The molecule has 2 aromatic heterocycles. The molecule has 1 aliphatic heterocycles.